The number of carbonyl (C=O) groups is 2. The number of amides is 2. The van der Waals surface area contributed by atoms with Crippen molar-refractivity contribution in [1.29, 1.82) is 0 Å². The van der Waals surface area contributed by atoms with Gasteiger partial charge in [-0.1, -0.05) is 41.9 Å². The Morgan fingerprint density at radius 1 is 1.14 bits per heavy atom. The second-order valence-electron chi connectivity index (χ2n) is 9.63. The van der Waals surface area contributed by atoms with Crippen LogP contribution in [0.25, 0.3) is 6.08 Å². The number of halogens is 4. The third kappa shape index (κ3) is 6.01. The number of nitrogens with one attached hydrogen (secondary N) is 1. The van der Waals surface area contributed by atoms with E-state index in [2.05, 4.69) is 0 Å². The maximum absolute atomic E-state index is 13.2. The molecule has 2 aromatic carbocycles. The Hall–Kier alpha value is -2.85. The molecule has 1 saturated heterocycles. The molecule has 6 nitrogen and oxygen atoms in total. The molecule has 2 aromatic rings. The molecule has 1 unspecified atom stereocenters. The molecule has 4 rings (SSSR count). The van der Waals surface area contributed by atoms with Crippen molar-refractivity contribution in [3.63, 3.8) is 0 Å². The highest BCUT2D eigenvalue weighted by atomic mass is 35.5. The Bertz CT molecular complexity index is 1350. The molecule has 1 N–H and O–H groups in total. The Morgan fingerprint density at radius 3 is 2.46 bits per heavy atom. The van der Waals surface area contributed by atoms with E-state index in [0.29, 0.717) is 37.4 Å². The summed E-state index contributed by atoms with van der Waals surface area (Å²) in [6.45, 7) is 0.744. The van der Waals surface area contributed by atoms with E-state index in [0.717, 1.165) is 29.5 Å². The van der Waals surface area contributed by atoms with Crippen molar-refractivity contribution in [1.82, 2.24) is 9.62 Å². The van der Waals surface area contributed by atoms with Gasteiger partial charge in [-0.15, -0.1) is 0 Å². The molecule has 1 fully saturated rings. The summed E-state index contributed by atoms with van der Waals surface area (Å²) in [6.07, 6.45) is 0.454. The molecule has 2 aliphatic rings. The lowest BCUT2D eigenvalue weighted by Crippen LogP contribution is -2.44. The second-order valence-corrected chi connectivity index (χ2v) is 11.8. The van der Waals surface area contributed by atoms with E-state index in [1.54, 1.807) is 17.0 Å². The standard InChI is InChI=1S/C26H26ClF3N2O4S/c1-37(35,36)31-22(33)15-18-16-25(24-19(18)6-4-8-21(24)27)11-13-32(14-12-25)23(34)10-9-17-5-2-3-7-20(17)26(28,29)30/h2-10,18H,11-16H2,1H3,(H,31,33)/b10-9+. The minimum absolute atomic E-state index is 0.00778. The molecule has 1 atom stereocenters. The quantitative estimate of drug-likeness (QED) is 0.534. The normalized spacial score (nSPS) is 19.3. The molecule has 37 heavy (non-hydrogen) atoms. The van der Waals surface area contributed by atoms with E-state index in [-0.39, 0.29) is 29.2 Å². The minimum Gasteiger partial charge on any atom is -0.339 e. The van der Waals surface area contributed by atoms with Crippen LogP contribution in [0.3, 0.4) is 0 Å². The number of sulfonamides is 1. The fourth-order valence-electron chi connectivity index (χ4n) is 5.55. The molecule has 1 heterocycles. The first-order chi connectivity index (χ1) is 17.3. The smallest absolute Gasteiger partial charge is 0.339 e. The van der Waals surface area contributed by atoms with E-state index in [4.69, 9.17) is 11.6 Å². The zero-order valence-corrected chi connectivity index (χ0v) is 21.6. The summed E-state index contributed by atoms with van der Waals surface area (Å²) < 4.78 is 64.7. The molecule has 11 heteroatoms. The van der Waals surface area contributed by atoms with E-state index >= 15 is 0 Å². The number of nitrogens with zero attached hydrogens (tertiary/aromatic N) is 1. The summed E-state index contributed by atoms with van der Waals surface area (Å²) >= 11 is 6.59. The number of rotatable bonds is 5. The maximum Gasteiger partial charge on any atom is 0.416 e. The van der Waals surface area contributed by atoms with Gasteiger partial charge in [-0.2, -0.15) is 13.2 Å². The highest BCUT2D eigenvalue weighted by Crippen LogP contribution is 2.55. The summed E-state index contributed by atoms with van der Waals surface area (Å²) in [5, 5.41) is 0.562. The van der Waals surface area contributed by atoms with Crippen molar-refractivity contribution in [3.05, 3.63) is 75.8 Å². The number of likely N-dealkylation sites (tertiary alicyclic amines) is 1. The molecule has 198 valence electrons. The average molecular weight is 555 g/mol. The van der Waals surface area contributed by atoms with Crippen molar-refractivity contribution >= 4 is 39.5 Å². The van der Waals surface area contributed by atoms with Crippen molar-refractivity contribution in [3.8, 4) is 0 Å². The van der Waals surface area contributed by atoms with Gasteiger partial charge in [-0.25, -0.2) is 8.42 Å². The fourth-order valence-corrected chi connectivity index (χ4v) is 6.43. The van der Waals surface area contributed by atoms with Crippen LogP contribution in [0.15, 0.2) is 48.5 Å². The number of benzene rings is 2. The highest BCUT2D eigenvalue weighted by molar-refractivity contribution is 7.89. The SMILES string of the molecule is CS(=O)(=O)NC(=O)CC1CC2(CCN(C(=O)/C=C/c3ccccc3C(F)(F)F)CC2)c2c(Cl)cccc21. The average Bonchev–Trinajstić information content (AvgIpc) is 3.10. The van der Waals surface area contributed by atoms with Crippen LogP contribution in [0.1, 0.15) is 53.9 Å². The van der Waals surface area contributed by atoms with Crippen molar-refractivity contribution < 1.29 is 31.2 Å². The van der Waals surface area contributed by atoms with Gasteiger partial charge in [-0.05, 0) is 60.1 Å². The zero-order chi connectivity index (χ0) is 27.0. The lowest BCUT2D eigenvalue weighted by atomic mass is 9.73. The van der Waals surface area contributed by atoms with Gasteiger partial charge in [0.25, 0.3) is 0 Å². The Morgan fingerprint density at radius 2 is 1.81 bits per heavy atom. The van der Waals surface area contributed by atoms with Gasteiger partial charge in [0.15, 0.2) is 0 Å². The first kappa shape index (κ1) is 27.2. The van der Waals surface area contributed by atoms with Gasteiger partial charge in [0.05, 0.1) is 11.8 Å². The van der Waals surface area contributed by atoms with E-state index < -0.39 is 27.7 Å². The second kappa shape index (κ2) is 10.1. The fraction of sp³-hybridized carbons (Fsp3) is 0.385. The van der Waals surface area contributed by atoms with Gasteiger partial charge in [-0.3, -0.25) is 14.3 Å². The highest BCUT2D eigenvalue weighted by Gasteiger charge is 2.47. The van der Waals surface area contributed by atoms with Crippen LogP contribution >= 0.6 is 11.6 Å². The maximum atomic E-state index is 13.2. The van der Waals surface area contributed by atoms with Crippen molar-refractivity contribution in [2.45, 2.75) is 43.2 Å². The number of hydrogen-bond acceptors (Lipinski definition) is 4. The van der Waals surface area contributed by atoms with Gasteiger partial charge >= 0.3 is 6.18 Å². The summed E-state index contributed by atoms with van der Waals surface area (Å²) in [6, 6.07) is 10.5. The topological polar surface area (TPSA) is 83.6 Å². The van der Waals surface area contributed by atoms with Gasteiger partial charge in [0.2, 0.25) is 21.8 Å². The Labute approximate surface area is 218 Å². The minimum atomic E-state index is -4.52. The molecule has 0 aromatic heterocycles. The number of carbonyl (C=O) groups excluding carboxylic acids is 2. The Kier molecular flexibility index (Phi) is 7.45. The molecule has 0 saturated carbocycles. The van der Waals surface area contributed by atoms with Crippen molar-refractivity contribution in [2.75, 3.05) is 19.3 Å². The third-order valence-corrected chi connectivity index (χ3v) is 8.00. The molecule has 0 radical (unpaired) electrons. The molecule has 0 bridgehead atoms. The summed E-state index contributed by atoms with van der Waals surface area (Å²) in [5.41, 5.74) is 0.561. The van der Waals surface area contributed by atoms with Crippen LogP contribution in [-0.4, -0.2) is 44.5 Å². The van der Waals surface area contributed by atoms with Crippen molar-refractivity contribution in [2.24, 2.45) is 0 Å². The first-order valence-electron chi connectivity index (χ1n) is 11.7. The lowest BCUT2D eigenvalue weighted by Gasteiger charge is -2.40. The van der Waals surface area contributed by atoms with Crippen LogP contribution < -0.4 is 4.72 Å². The molecule has 1 spiro atoms. The van der Waals surface area contributed by atoms with Gasteiger partial charge in [0.1, 0.15) is 0 Å². The van der Waals surface area contributed by atoms with Crippen LogP contribution in [0.4, 0.5) is 13.2 Å². The summed E-state index contributed by atoms with van der Waals surface area (Å²) in [5.74, 6) is -1.20. The molecule has 1 aliphatic carbocycles. The van der Waals surface area contributed by atoms with Gasteiger partial charge in [0, 0.05) is 36.0 Å². The predicted molar refractivity (Wildman–Crippen MR) is 134 cm³/mol. The van der Waals surface area contributed by atoms with Gasteiger partial charge < -0.3 is 4.90 Å². The molecular weight excluding hydrogens is 529 g/mol. The summed E-state index contributed by atoms with van der Waals surface area (Å²) in [7, 11) is -3.68. The van der Waals surface area contributed by atoms with Crippen LogP contribution in [0, 0.1) is 0 Å². The number of hydrogen-bond donors (Lipinski definition) is 1. The van der Waals surface area contributed by atoms with E-state index in [1.807, 2.05) is 10.8 Å². The number of alkyl halides is 3. The predicted octanol–water partition coefficient (Wildman–Crippen LogP) is 4.89. The largest absolute Gasteiger partial charge is 0.416 e. The molecule has 2 amide bonds. The van der Waals surface area contributed by atoms with E-state index in [9.17, 15) is 31.2 Å². The molecule has 1 aliphatic heterocycles. The van der Waals surface area contributed by atoms with Crippen LogP contribution in [0.2, 0.25) is 5.02 Å². The monoisotopic (exact) mass is 554 g/mol. The third-order valence-electron chi connectivity index (χ3n) is 7.09. The molecular formula is C26H26ClF3N2O4S. The number of piperidine rings is 1. The van der Waals surface area contributed by atoms with E-state index in [1.165, 1.54) is 24.3 Å². The van der Waals surface area contributed by atoms with Crippen LogP contribution in [-0.2, 0) is 31.2 Å². The zero-order valence-electron chi connectivity index (χ0n) is 20.0. The lowest BCUT2D eigenvalue weighted by molar-refractivity contribution is -0.137. The van der Waals surface area contributed by atoms with Crippen LogP contribution in [0.5, 0.6) is 0 Å². The number of fused-ring (bicyclic) bond motifs is 2. The Balaban J connectivity index is 1.48. The summed E-state index contributed by atoms with van der Waals surface area (Å²) in [4.78, 5) is 26.8. The first-order valence-corrected chi connectivity index (χ1v) is 14.0.